The molecule has 32 heavy (non-hydrogen) atoms. The first kappa shape index (κ1) is 22.6. The van der Waals surface area contributed by atoms with Crippen LogP contribution in [0, 0.1) is 12.7 Å². The number of anilines is 2. The SMILES string of the molecule is Cc1ccc(N(C=O)Nc2cccc(CN3CCN(S(=O)(=O)N4CCC4)CC3)c2F)cn1. The van der Waals surface area contributed by atoms with Crippen LogP contribution in [0.3, 0.4) is 0 Å². The number of hydrogen-bond donors (Lipinski definition) is 1. The van der Waals surface area contributed by atoms with Gasteiger partial charge in [0.05, 0.1) is 17.6 Å². The van der Waals surface area contributed by atoms with E-state index in [1.165, 1.54) is 19.8 Å². The van der Waals surface area contributed by atoms with Crippen LogP contribution in [0.25, 0.3) is 0 Å². The molecule has 0 aliphatic carbocycles. The van der Waals surface area contributed by atoms with Gasteiger partial charge in [-0.15, -0.1) is 0 Å². The van der Waals surface area contributed by atoms with E-state index in [4.69, 9.17) is 0 Å². The van der Waals surface area contributed by atoms with Crippen molar-refractivity contribution in [3.05, 3.63) is 53.6 Å². The smallest absolute Gasteiger partial charge is 0.282 e. The second kappa shape index (κ2) is 9.49. The van der Waals surface area contributed by atoms with E-state index in [0.29, 0.717) is 63.5 Å². The molecule has 0 saturated carbocycles. The molecular weight excluding hydrogens is 435 g/mol. The van der Waals surface area contributed by atoms with Crippen LogP contribution in [0.15, 0.2) is 36.5 Å². The molecule has 2 aliphatic rings. The van der Waals surface area contributed by atoms with Crippen molar-refractivity contribution in [3.63, 3.8) is 0 Å². The summed E-state index contributed by atoms with van der Waals surface area (Å²) in [6, 6.07) is 8.47. The Hall–Kier alpha value is -2.60. The van der Waals surface area contributed by atoms with Crippen LogP contribution in [-0.4, -0.2) is 72.6 Å². The lowest BCUT2D eigenvalue weighted by molar-refractivity contribution is -0.107. The third-order valence-corrected chi connectivity index (χ3v) is 7.83. The van der Waals surface area contributed by atoms with Crippen molar-refractivity contribution in [2.45, 2.75) is 19.9 Å². The predicted molar refractivity (Wildman–Crippen MR) is 119 cm³/mol. The van der Waals surface area contributed by atoms with E-state index in [1.807, 2.05) is 11.8 Å². The van der Waals surface area contributed by atoms with Crippen molar-refractivity contribution < 1.29 is 17.6 Å². The first-order chi connectivity index (χ1) is 15.4. The summed E-state index contributed by atoms with van der Waals surface area (Å²) in [7, 11) is -3.37. The molecule has 1 amide bonds. The molecule has 172 valence electrons. The molecule has 0 bridgehead atoms. The maximum atomic E-state index is 15.2. The third-order valence-electron chi connectivity index (χ3n) is 5.79. The minimum absolute atomic E-state index is 0.175. The van der Waals surface area contributed by atoms with Gasteiger partial charge in [-0.05, 0) is 31.5 Å². The number of aryl methyl sites for hydroxylation is 1. The Kier molecular flexibility index (Phi) is 6.70. The second-order valence-electron chi connectivity index (χ2n) is 7.96. The lowest BCUT2D eigenvalue weighted by Gasteiger charge is -2.39. The maximum Gasteiger partial charge on any atom is 0.282 e. The van der Waals surface area contributed by atoms with Gasteiger partial charge in [0.25, 0.3) is 10.2 Å². The average molecular weight is 463 g/mol. The zero-order valence-electron chi connectivity index (χ0n) is 17.9. The Balaban J connectivity index is 1.39. The number of piperazine rings is 1. The van der Waals surface area contributed by atoms with Crippen molar-refractivity contribution in [2.75, 3.05) is 49.7 Å². The van der Waals surface area contributed by atoms with Gasteiger partial charge in [0.1, 0.15) is 0 Å². The Morgan fingerprint density at radius 2 is 1.81 bits per heavy atom. The van der Waals surface area contributed by atoms with E-state index in [2.05, 4.69) is 10.4 Å². The minimum Gasteiger partial charge on any atom is -0.296 e. The van der Waals surface area contributed by atoms with Crippen LogP contribution in [0.4, 0.5) is 15.8 Å². The van der Waals surface area contributed by atoms with Crippen LogP contribution in [0.2, 0.25) is 0 Å². The number of nitrogens with zero attached hydrogens (tertiary/aromatic N) is 5. The molecule has 2 saturated heterocycles. The van der Waals surface area contributed by atoms with E-state index in [-0.39, 0.29) is 5.69 Å². The normalized spacial score (nSPS) is 18.2. The highest BCUT2D eigenvalue weighted by atomic mass is 32.2. The van der Waals surface area contributed by atoms with Gasteiger partial charge in [-0.1, -0.05) is 12.1 Å². The third kappa shape index (κ3) is 4.75. The largest absolute Gasteiger partial charge is 0.296 e. The molecular formula is C21H27FN6O3S. The van der Waals surface area contributed by atoms with Crippen LogP contribution in [0.5, 0.6) is 0 Å². The summed E-state index contributed by atoms with van der Waals surface area (Å²) in [5.74, 6) is -0.449. The number of carbonyl (C=O) groups is 1. The molecule has 1 aromatic carbocycles. The molecule has 0 spiro atoms. The second-order valence-corrected chi connectivity index (χ2v) is 9.89. The molecule has 2 aromatic rings. The number of pyridine rings is 1. The van der Waals surface area contributed by atoms with Crippen LogP contribution in [0.1, 0.15) is 17.7 Å². The molecule has 3 heterocycles. The fourth-order valence-corrected chi connectivity index (χ4v) is 5.38. The van der Waals surface area contributed by atoms with Crippen molar-refractivity contribution in [3.8, 4) is 0 Å². The van der Waals surface area contributed by atoms with E-state index < -0.39 is 16.0 Å². The maximum absolute atomic E-state index is 15.2. The van der Waals surface area contributed by atoms with Gasteiger partial charge in [-0.2, -0.15) is 17.0 Å². The van der Waals surface area contributed by atoms with Crippen LogP contribution < -0.4 is 10.4 Å². The first-order valence-corrected chi connectivity index (χ1v) is 12.0. The molecule has 1 N–H and O–H groups in total. The number of rotatable bonds is 8. The van der Waals surface area contributed by atoms with Gasteiger partial charge >= 0.3 is 0 Å². The van der Waals surface area contributed by atoms with Crippen molar-refractivity contribution >= 4 is 28.0 Å². The summed E-state index contributed by atoms with van der Waals surface area (Å²) in [5.41, 5.74) is 4.76. The highest BCUT2D eigenvalue weighted by Gasteiger charge is 2.35. The number of hydrogen-bond acceptors (Lipinski definition) is 6. The summed E-state index contributed by atoms with van der Waals surface area (Å²) < 4.78 is 43.2. The van der Waals surface area contributed by atoms with Gasteiger partial charge < -0.3 is 0 Å². The molecule has 2 aliphatic heterocycles. The number of amides is 1. The zero-order valence-corrected chi connectivity index (χ0v) is 18.8. The van der Waals surface area contributed by atoms with Crippen molar-refractivity contribution in [2.24, 2.45) is 0 Å². The topological polar surface area (TPSA) is 89.1 Å². The van der Waals surface area contributed by atoms with E-state index >= 15 is 4.39 Å². The highest BCUT2D eigenvalue weighted by Crippen LogP contribution is 2.23. The quantitative estimate of drug-likeness (QED) is 0.474. The minimum atomic E-state index is -3.37. The van der Waals surface area contributed by atoms with Crippen molar-refractivity contribution in [1.29, 1.82) is 0 Å². The zero-order chi connectivity index (χ0) is 22.7. The molecule has 11 heteroatoms. The molecule has 2 fully saturated rings. The summed E-state index contributed by atoms with van der Waals surface area (Å²) in [6.45, 7) is 5.20. The summed E-state index contributed by atoms with van der Waals surface area (Å²) in [4.78, 5) is 17.7. The Morgan fingerprint density at radius 3 is 2.41 bits per heavy atom. The number of benzene rings is 1. The van der Waals surface area contributed by atoms with E-state index in [1.54, 1.807) is 30.3 Å². The molecule has 1 aromatic heterocycles. The number of aromatic nitrogens is 1. The average Bonchev–Trinajstić information content (AvgIpc) is 2.74. The van der Waals surface area contributed by atoms with Crippen LogP contribution >= 0.6 is 0 Å². The lowest BCUT2D eigenvalue weighted by Crippen LogP contribution is -2.55. The summed E-state index contributed by atoms with van der Waals surface area (Å²) >= 11 is 0. The molecule has 0 radical (unpaired) electrons. The standard InChI is InChI=1S/C21H27FN6O3S/c1-17-6-7-19(14-23-17)28(16-29)24-20-5-2-4-18(21(20)22)15-25-10-12-27(13-11-25)32(30,31)26-8-3-9-26/h2,4-7,14,16,24H,3,8-13,15H2,1H3. The molecule has 0 atom stereocenters. The fourth-order valence-electron chi connectivity index (χ4n) is 3.71. The van der Waals surface area contributed by atoms with Gasteiger partial charge in [0, 0.05) is 57.1 Å². The monoisotopic (exact) mass is 462 g/mol. The number of nitrogens with one attached hydrogen (secondary N) is 1. The van der Waals surface area contributed by atoms with E-state index in [0.717, 1.165) is 12.1 Å². The predicted octanol–water partition coefficient (Wildman–Crippen LogP) is 1.59. The molecule has 9 nitrogen and oxygen atoms in total. The Labute approximate surface area is 187 Å². The summed E-state index contributed by atoms with van der Waals surface area (Å²) in [5, 5.41) is 1.17. The number of halogens is 1. The van der Waals surface area contributed by atoms with Crippen molar-refractivity contribution in [1.82, 2.24) is 18.5 Å². The Morgan fingerprint density at radius 1 is 1.09 bits per heavy atom. The van der Waals surface area contributed by atoms with Gasteiger partial charge in [-0.25, -0.2) is 9.40 Å². The van der Waals surface area contributed by atoms with Gasteiger partial charge in [-0.3, -0.25) is 20.1 Å². The molecule has 4 rings (SSSR count). The van der Waals surface area contributed by atoms with Gasteiger partial charge in [0.15, 0.2) is 5.82 Å². The summed E-state index contributed by atoms with van der Waals surface area (Å²) in [6.07, 6.45) is 3.01. The van der Waals surface area contributed by atoms with Gasteiger partial charge in [0.2, 0.25) is 6.41 Å². The molecule has 0 unspecified atom stereocenters. The Bertz CT molecular complexity index is 1050. The first-order valence-electron chi connectivity index (χ1n) is 10.6. The number of carbonyl (C=O) groups excluding carboxylic acids is 1. The van der Waals surface area contributed by atoms with E-state index in [9.17, 15) is 13.2 Å². The highest BCUT2D eigenvalue weighted by molar-refractivity contribution is 7.86. The lowest BCUT2D eigenvalue weighted by atomic mass is 10.1. The van der Waals surface area contributed by atoms with Crippen LogP contribution in [-0.2, 0) is 21.5 Å². The fraction of sp³-hybridized carbons (Fsp3) is 0.429. The number of hydrazine groups is 1.